The van der Waals surface area contributed by atoms with Gasteiger partial charge in [0.25, 0.3) is 0 Å². The molecule has 138 valence electrons. The molecule has 2 aromatic rings. The highest BCUT2D eigenvalue weighted by atomic mass is 16.5. The van der Waals surface area contributed by atoms with E-state index in [9.17, 15) is 4.79 Å². The summed E-state index contributed by atoms with van der Waals surface area (Å²) < 4.78 is 5.92. The number of rotatable bonds is 7. The number of carbonyl (C=O) groups excluding carboxylic acids is 1. The third-order valence-electron chi connectivity index (χ3n) is 4.84. The zero-order chi connectivity index (χ0) is 18.4. The number of hydrogen-bond acceptors (Lipinski definition) is 3. The average Bonchev–Trinajstić information content (AvgIpc) is 3.12. The number of benzene rings is 2. The van der Waals surface area contributed by atoms with Gasteiger partial charge in [0.2, 0.25) is 5.91 Å². The third-order valence-corrected chi connectivity index (χ3v) is 4.84. The Balaban J connectivity index is 1.56. The molecule has 0 radical (unpaired) electrons. The van der Waals surface area contributed by atoms with Crippen molar-refractivity contribution in [1.29, 1.82) is 0 Å². The quantitative estimate of drug-likeness (QED) is 0.820. The van der Waals surface area contributed by atoms with E-state index in [1.165, 1.54) is 18.4 Å². The predicted octanol–water partition coefficient (Wildman–Crippen LogP) is 3.96. The lowest BCUT2D eigenvalue weighted by Crippen LogP contribution is -2.31. The lowest BCUT2D eigenvalue weighted by atomic mass is 10.1. The van der Waals surface area contributed by atoms with Gasteiger partial charge in [-0.15, -0.1) is 0 Å². The third kappa shape index (κ3) is 5.09. The van der Waals surface area contributed by atoms with E-state index in [0.29, 0.717) is 13.2 Å². The van der Waals surface area contributed by atoms with Gasteiger partial charge >= 0.3 is 0 Å². The molecule has 1 N–H and O–H groups in total. The molecular formula is C22H28N2O2. The van der Waals surface area contributed by atoms with Crippen LogP contribution in [0.1, 0.15) is 29.5 Å². The topological polar surface area (TPSA) is 41.6 Å². The van der Waals surface area contributed by atoms with E-state index < -0.39 is 0 Å². The summed E-state index contributed by atoms with van der Waals surface area (Å²) in [7, 11) is 0. The smallest absolute Gasteiger partial charge is 0.238 e. The van der Waals surface area contributed by atoms with E-state index in [1.807, 2.05) is 44.2 Å². The molecule has 4 nitrogen and oxygen atoms in total. The van der Waals surface area contributed by atoms with E-state index in [2.05, 4.69) is 22.3 Å². The number of likely N-dealkylation sites (tertiary alicyclic amines) is 1. The van der Waals surface area contributed by atoms with Gasteiger partial charge in [0.15, 0.2) is 0 Å². The molecular weight excluding hydrogens is 324 g/mol. The van der Waals surface area contributed by atoms with Crippen LogP contribution in [-0.4, -0.2) is 37.0 Å². The zero-order valence-corrected chi connectivity index (χ0v) is 15.8. The Morgan fingerprint density at radius 3 is 2.38 bits per heavy atom. The molecule has 1 aliphatic rings. The van der Waals surface area contributed by atoms with Crippen molar-refractivity contribution >= 4 is 11.6 Å². The first-order valence-electron chi connectivity index (χ1n) is 9.42. The van der Waals surface area contributed by atoms with Crippen molar-refractivity contribution in [2.24, 2.45) is 0 Å². The zero-order valence-electron chi connectivity index (χ0n) is 15.8. The Morgan fingerprint density at radius 1 is 1.08 bits per heavy atom. The van der Waals surface area contributed by atoms with Gasteiger partial charge in [0.1, 0.15) is 5.75 Å². The minimum atomic E-state index is 0.0656. The summed E-state index contributed by atoms with van der Waals surface area (Å²) in [6.07, 6.45) is 3.27. The van der Waals surface area contributed by atoms with E-state index >= 15 is 0 Å². The number of anilines is 1. The number of nitrogens with one attached hydrogen (secondary N) is 1. The van der Waals surface area contributed by atoms with Crippen LogP contribution < -0.4 is 10.1 Å². The molecule has 0 bridgehead atoms. The Kier molecular flexibility index (Phi) is 6.29. The molecule has 0 atom stereocenters. The molecule has 0 saturated carbocycles. The van der Waals surface area contributed by atoms with Crippen LogP contribution in [0.3, 0.4) is 0 Å². The second-order valence-corrected chi connectivity index (χ2v) is 7.05. The number of carbonyl (C=O) groups is 1. The van der Waals surface area contributed by atoms with E-state index in [0.717, 1.165) is 42.1 Å². The molecule has 2 aromatic carbocycles. The van der Waals surface area contributed by atoms with Crippen molar-refractivity contribution in [2.75, 3.05) is 31.6 Å². The highest BCUT2D eigenvalue weighted by molar-refractivity contribution is 5.93. The Labute approximate surface area is 156 Å². The second-order valence-electron chi connectivity index (χ2n) is 7.05. The van der Waals surface area contributed by atoms with Gasteiger partial charge in [0.05, 0.1) is 13.2 Å². The van der Waals surface area contributed by atoms with Crippen LogP contribution in [0.5, 0.6) is 5.75 Å². The summed E-state index contributed by atoms with van der Waals surface area (Å²) in [5, 5.41) is 3.08. The summed E-state index contributed by atoms with van der Waals surface area (Å²) in [5.41, 5.74) is 4.25. The standard InChI is InChI=1S/C22H28N2O2/c1-17-14-20(26-13-10-19-8-4-3-5-9-19)15-18(2)22(17)23-21(25)16-24-11-6-7-12-24/h3-5,8-9,14-15H,6-7,10-13,16H2,1-2H3,(H,23,25). The fourth-order valence-electron chi connectivity index (χ4n) is 3.46. The molecule has 0 spiro atoms. The molecule has 1 amide bonds. The van der Waals surface area contributed by atoms with Gasteiger partial charge in [-0.2, -0.15) is 0 Å². The van der Waals surface area contributed by atoms with Crippen LogP contribution in [0.15, 0.2) is 42.5 Å². The molecule has 1 saturated heterocycles. The summed E-state index contributed by atoms with van der Waals surface area (Å²) in [5.74, 6) is 0.921. The fraction of sp³-hybridized carbons (Fsp3) is 0.409. The Morgan fingerprint density at radius 2 is 1.73 bits per heavy atom. The van der Waals surface area contributed by atoms with Gasteiger partial charge in [-0.25, -0.2) is 0 Å². The maximum absolute atomic E-state index is 12.3. The van der Waals surface area contributed by atoms with Gasteiger partial charge in [-0.1, -0.05) is 30.3 Å². The van der Waals surface area contributed by atoms with E-state index in [4.69, 9.17) is 4.74 Å². The van der Waals surface area contributed by atoms with Crippen LogP contribution in [-0.2, 0) is 11.2 Å². The van der Waals surface area contributed by atoms with Crippen LogP contribution in [0, 0.1) is 13.8 Å². The van der Waals surface area contributed by atoms with Crippen molar-refractivity contribution in [1.82, 2.24) is 4.90 Å². The summed E-state index contributed by atoms with van der Waals surface area (Å²) in [4.78, 5) is 14.5. The molecule has 0 unspecified atom stereocenters. The summed E-state index contributed by atoms with van der Waals surface area (Å²) >= 11 is 0. The summed E-state index contributed by atoms with van der Waals surface area (Å²) in [6.45, 7) is 7.21. The number of aryl methyl sites for hydroxylation is 2. The van der Waals surface area contributed by atoms with Crippen LogP contribution in [0.25, 0.3) is 0 Å². The minimum absolute atomic E-state index is 0.0656. The van der Waals surface area contributed by atoms with Crippen LogP contribution >= 0.6 is 0 Å². The molecule has 0 aromatic heterocycles. The predicted molar refractivity (Wildman–Crippen MR) is 106 cm³/mol. The highest BCUT2D eigenvalue weighted by Gasteiger charge is 2.16. The average molecular weight is 352 g/mol. The molecule has 26 heavy (non-hydrogen) atoms. The Bertz CT molecular complexity index is 714. The first-order valence-corrected chi connectivity index (χ1v) is 9.42. The van der Waals surface area contributed by atoms with Crippen molar-refractivity contribution in [3.8, 4) is 5.75 Å². The largest absolute Gasteiger partial charge is 0.493 e. The van der Waals surface area contributed by atoms with Crippen LogP contribution in [0.4, 0.5) is 5.69 Å². The second kappa shape index (κ2) is 8.86. The highest BCUT2D eigenvalue weighted by Crippen LogP contribution is 2.26. The SMILES string of the molecule is Cc1cc(OCCc2ccccc2)cc(C)c1NC(=O)CN1CCCC1. The lowest BCUT2D eigenvalue weighted by molar-refractivity contribution is -0.117. The number of hydrogen-bond donors (Lipinski definition) is 1. The van der Waals surface area contributed by atoms with E-state index in [1.54, 1.807) is 0 Å². The summed E-state index contributed by atoms with van der Waals surface area (Å²) in [6, 6.07) is 14.3. The van der Waals surface area contributed by atoms with Gasteiger partial charge in [-0.05, 0) is 68.6 Å². The van der Waals surface area contributed by atoms with Gasteiger partial charge in [-0.3, -0.25) is 9.69 Å². The Hall–Kier alpha value is -2.33. The maximum Gasteiger partial charge on any atom is 0.238 e. The van der Waals surface area contributed by atoms with Crippen molar-refractivity contribution < 1.29 is 9.53 Å². The molecule has 0 aliphatic carbocycles. The molecule has 1 heterocycles. The molecule has 4 heteroatoms. The fourth-order valence-corrected chi connectivity index (χ4v) is 3.46. The minimum Gasteiger partial charge on any atom is -0.493 e. The number of nitrogens with zero attached hydrogens (tertiary/aromatic N) is 1. The van der Waals surface area contributed by atoms with Crippen molar-refractivity contribution in [3.05, 3.63) is 59.2 Å². The van der Waals surface area contributed by atoms with Gasteiger partial charge in [0, 0.05) is 12.1 Å². The maximum atomic E-state index is 12.3. The lowest BCUT2D eigenvalue weighted by Gasteiger charge is -2.17. The van der Waals surface area contributed by atoms with E-state index in [-0.39, 0.29) is 5.91 Å². The first-order chi connectivity index (χ1) is 12.6. The molecule has 1 fully saturated rings. The molecule has 1 aliphatic heterocycles. The number of amides is 1. The molecule has 3 rings (SSSR count). The monoisotopic (exact) mass is 352 g/mol. The number of ether oxygens (including phenoxy) is 1. The van der Waals surface area contributed by atoms with Crippen molar-refractivity contribution in [2.45, 2.75) is 33.1 Å². The van der Waals surface area contributed by atoms with Crippen LogP contribution in [0.2, 0.25) is 0 Å². The van der Waals surface area contributed by atoms with Gasteiger partial charge < -0.3 is 10.1 Å². The normalized spacial score (nSPS) is 14.4. The van der Waals surface area contributed by atoms with Crippen molar-refractivity contribution in [3.63, 3.8) is 0 Å². The first kappa shape index (κ1) is 18.5.